The molecule has 0 aliphatic rings. The summed E-state index contributed by atoms with van der Waals surface area (Å²) in [6.07, 6.45) is 4.68. The first-order valence-electron chi connectivity index (χ1n) is 10.5. The third kappa shape index (κ3) is 10.3. The van der Waals surface area contributed by atoms with Gasteiger partial charge in [-0.1, -0.05) is 45.4 Å². The van der Waals surface area contributed by atoms with Gasteiger partial charge in [0.05, 0.1) is 13.3 Å². The highest BCUT2D eigenvalue weighted by Crippen LogP contribution is 2.19. The number of hydrogen-bond donors (Lipinski definition) is 2. The maximum absolute atomic E-state index is 12.3. The van der Waals surface area contributed by atoms with Gasteiger partial charge in [0.1, 0.15) is 5.02 Å². The molecule has 176 valence electrons. The van der Waals surface area contributed by atoms with Crippen LogP contribution >= 0.6 is 11.6 Å². The molecule has 0 spiro atoms. The van der Waals surface area contributed by atoms with Gasteiger partial charge in [0.2, 0.25) is 17.7 Å². The Balaban J connectivity index is 0.000000668. The molecule has 0 bridgehead atoms. The van der Waals surface area contributed by atoms with Crippen molar-refractivity contribution in [1.82, 2.24) is 14.9 Å². The summed E-state index contributed by atoms with van der Waals surface area (Å²) in [7, 11) is 1.47. The number of aromatic nitrogens is 2. The van der Waals surface area contributed by atoms with Crippen molar-refractivity contribution in [3.8, 4) is 5.88 Å². The van der Waals surface area contributed by atoms with E-state index in [1.54, 1.807) is 24.3 Å². The summed E-state index contributed by atoms with van der Waals surface area (Å²) in [5.74, 6) is 0.222. The van der Waals surface area contributed by atoms with Gasteiger partial charge in [-0.3, -0.25) is 9.59 Å². The van der Waals surface area contributed by atoms with Crippen LogP contribution in [0.1, 0.15) is 50.9 Å². The molecule has 1 heterocycles. The minimum atomic E-state index is -0.262. The van der Waals surface area contributed by atoms with Crippen molar-refractivity contribution < 1.29 is 14.3 Å². The Bertz CT molecular complexity index is 844. The van der Waals surface area contributed by atoms with Crippen LogP contribution in [0.5, 0.6) is 5.88 Å². The Morgan fingerprint density at radius 2 is 1.88 bits per heavy atom. The normalized spacial score (nSPS) is 9.31. The number of nitrogens with zero attached hydrogens (tertiary/aromatic N) is 3. The number of carbonyl (C=O) groups excluding carboxylic acids is 2. The zero-order valence-electron chi connectivity index (χ0n) is 19.5. The molecule has 1 aromatic heterocycles. The molecule has 0 saturated heterocycles. The van der Waals surface area contributed by atoms with E-state index in [9.17, 15) is 9.59 Å². The van der Waals surface area contributed by atoms with Crippen molar-refractivity contribution in [2.24, 2.45) is 0 Å². The van der Waals surface area contributed by atoms with Crippen LogP contribution in [0, 0.1) is 0 Å². The van der Waals surface area contributed by atoms with Crippen LogP contribution in [-0.2, 0) is 4.79 Å². The third-order valence-corrected chi connectivity index (χ3v) is 4.22. The van der Waals surface area contributed by atoms with E-state index in [0.717, 1.165) is 19.4 Å². The van der Waals surface area contributed by atoms with Crippen molar-refractivity contribution in [3.63, 3.8) is 0 Å². The maximum atomic E-state index is 12.3. The van der Waals surface area contributed by atoms with Gasteiger partial charge in [-0.15, -0.1) is 0 Å². The van der Waals surface area contributed by atoms with E-state index in [0.29, 0.717) is 28.7 Å². The van der Waals surface area contributed by atoms with Crippen LogP contribution in [0.2, 0.25) is 5.02 Å². The number of halogens is 1. The molecule has 0 aliphatic heterocycles. The average molecular weight is 464 g/mol. The summed E-state index contributed by atoms with van der Waals surface area (Å²) in [6.45, 7) is 13.0. The number of methoxy groups -OCH3 is 1. The average Bonchev–Trinajstić information content (AvgIpc) is 2.83. The lowest BCUT2D eigenvalue weighted by molar-refractivity contribution is -0.111. The fourth-order valence-electron chi connectivity index (χ4n) is 2.33. The van der Waals surface area contributed by atoms with Gasteiger partial charge in [0.15, 0.2) is 0 Å². The van der Waals surface area contributed by atoms with Crippen molar-refractivity contribution in [1.29, 1.82) is 0 Å². The maximum Gasteiger partial charge on any atom is 0.253 e. The molecule has 0 radical (unpaired) electrons. The fraction of sp³-hybridized carbons (Fsp3) is 0.391. The van der Waals surface area contributed by atoms with Crippen LogP contribution in [0.15, 0.2) is 43.1 Å². The molecule has 8 nitrogen and oxygen atoms in total. The number of unbranched alkanes of at least 4 members (excludes halogenated alkanes) is 1. The molecule has 2 aromatic rings. The largest absolute Gasteiger partial charge is 0.480 e. The summed E-state index contributed by atoms with van der Waals surface area (Å²) >= 11 is 5.59. The van der Waals surface area contributed by atoms with E-state index in [-0.39, 0.29) is 17.8 Å². The van der Waals surface area contributed by atoms with E-state index in [4.69, 9.17) is 22.1 Å². The van der Waals surface area contributed by atoms with Gasteiger partial charge < -0.3 is 20.7 Å². The number of nitrogens with one attached hydrogen (secondary N) is 1. The molecule has 0 aliphatic carbocycles. The first-order valence-corrected chi connectivity index (χ1v) is 10.9. The Morgan fingerprint density at radius 1 is 1.25 bits per heavy atom. The first-order chi connectivity index (χ1) is 15.4. The van der Waals surface area contributed by atoms with Gasteiger partial charge in [-0.2, -0.15) is 4.98 Å². The second-order valence-corrected chi connectivity index (χ2v) is 6.50. The summed E-state index contributed by atoms with van der Waals surface area (Å²) in [5, 5.41) is 3.01. The number of nitrogen functional groups attached to an aromatic ring is 1. The molecule has 2 rings (SSSR count). The summed E-state index contributed by atoms with van der Waals surface area (Å²) in [6, 6.07) is 6.91. The van der Waals surface area contributed by atoms with Crippen molar-refractivity contribution in [2.75, 3.05) is 31.2 Å². The Hall–Kier alpha value is -3.13. The Morgan fingerprint density at radius 3 is 2.34 bits per heavy atom. The highest BCUT2D eigenvalue weighted by molar-refractivity contribution is 6.31. The van der Waals surface area contributed by atoms with Crippen LogP contribution < -0.4 is 15.8 Å². The molecule has 1 aromatic carbocycles. The van der Waals surface area contributed by atoms with Gasteiger partial charge in [-0.05, 0) is 43.7 Å². The van der Waals surface area contributed by atoms with E-state index in [1.807, 2.05) is 25.7 Å². The minimum Gasteiger partial charge on any atom is -0.480 e. The number of hydrogen-bond acceptors (Lipinski definition) is 6. The van der Waals surface area contributed by atoms with Crippen LogP contribution in [0.3, 0.4) is 0 Å². The van der Waals surface area contributed by atoms with Gasteiger partial charge in [0.25, 0.3) is 5.91 Å². The molecule has 0 atom stereocenters. The second kappa shape index (κ2) is 16.5. The quantitative estimate of drug-likeness (QED) is 0.543. The number of carbonyl (C=O) groups is 2. The van der Waals surface area contributed by atoms with Gasteiger partial charge in [0, 0.05) is 24.3 Å². The van der Waals surface area contributed by atoms with E-state index >= 15 is 0 Å². The summed E-state index contributed by atoms with van der Waals surface area (Å²) in [5.41, 5.74) is 6.54. The SMILES string of the molecule is C=CC(=O)Nc1ccc(C(=O)N(CC)CCCC)cc1.CC.COc1nc(N)ncc1Cl. The van der Waals surface area contributed by atoms with Crippen LogP contribution in [-0.4, -0.2) is 46.9 Å². The molecule has 0 unspecified atom stereocenters. The molecule has 32 heavy (non-hydrogen) atoms. The van der Waals surface area contributed by atoms with E-state index in [1.165, 1.54) is 19.4 Å². The number of amides is 2. The second-order valence-electron chi connectivity index (χ2n) is 6.09. The number of ether oxygens (including phenoxy) is 1. The molecule has 9 heteroatoms. The molecule has 3 N–H and O–H groups in total. The standard InChI is InChI=1S/C16H22N2O2.C5H6ClN3O.C2H6/c1-4-7-12-18(6-3)16(20)13-8-10-14(11-9-13)17-15(19)5-2;1-10-4-3(6)2-8-5(7)9-4;1-2/h5,8-11H,2,4,6-7,12H2,1,3H3,(H,17,19);2H,1H3,(H2,7,8,9);1-2H3. The van der Waals surface area contributed by atoms with Crippen molar-refractivity contribution >= 4 is 35.1 Å². The number of anilines is 2. The molecule has 0 saturated carbocycles. The Labute approximate surface area is 195 Å². The van der Waals surface area contributed by atoms with Gasteiger partial charge >= 0.3 is 0 Å². The lowest BCUT2D eigenvalue weighted by Crippen LogP contribution is -2.31. The molecule has 0 fully saturated rings. The summed E-state index contributed by atoms with van der Waals surface area (Å²) < 4.78 is 4.76. The minimum absolute atomic E-state index is 0.0301. The monoisotopic (exact) mass is 463 g/mol. The predicted octanol–water partition coefficient (Wildman–Crippen LogP) is 4.82. The lowest BCUT2D eigenvalue weighted by Gasteiger charge is -2.20. The lowest BCUT2D eigenvalue weighted by atomic mass is 10.1. The zero-order chi connectivity index (χ0) is 24.5. The highest BCUT2D eigenvalue weighted by atomic mass is 35.5. The van der Waals surface area contributed by atoms with Crippen LogP contribution in [0.4, 0.5) is 11.6 Å². The smallest absolute Gasteiger partial charge is 0.253 e. The van der Waals surface area contributed by atoms with E-state index in [2.05, 4.69) is 28.8 Å². The fourth-order valence-corrected chi connectivity index (χ4v) is 2.50. The number of nitrogens with two attached hydrogens (primary N) is 1. The first kappa shape index (κ1) is 28.9. The zero-order valence-corrected chi connectivity index (χ0v) is 20.3. The highest BCUT2D eigenvalue weighted by Gasteiger charge is 2.13. The molecular weight excluding hydrogens is 430 g/mol. The van der Waals surface area contributed by atoms with Gasteiger partial charge in [-0.25, -0.2) is 4.98 Å². The molecule has 2 amide bonds. The third-order valence-electron chi connectivity index (χ3n) is 3.96. The van der Waals surface area contributed by atoms with Crippen molar-refractivity contribution in [3.05, 3.63) is 53.7 Å². The number of rotatable bonds is 8. The molecular formula is C23H34ClN5O3. The van der Waals surface area contributed by atoms with Crippen LogP contribution in [0.25, 0.3) is 0 Å². The van der Waals surface area contributed by atoms with Crippen molar-refractivity contribution in [2.45, 2.75) is 40.5 Å². The predicted molar refractivity (Wildman–Crippen MR) is 131 cm³/mol. The number of benzene rings is 1. The topological polar surface area (TPSA) is 110 Å². The van der Waals surface area contributed by atoms with E-state index < -0.39 is 0 Å². The summed E-state index contributed by atoms with van der Waals surface area (Å²) in [4.78, 5) is 32.6. The Kier molecular flexibility index (Phi) is 14.9.